The molecule has 2 amide bonds. The van der Waals surface area contributed by atoms with Gasteiger partial charge in [-0.3, -0.25) is 19.7 Å². The Morgan fingerprint density at radius 3 is 2.80 bits per heavy atom. The van der Waals surface area contributed by atoms with Crippen LogP contribution in [0.2, 0.25) is 0 Å². The number of H-pyrrole nitrogens is 1. The molecule has 1 aliphatic heterocycles. The lowest BCUT2D eigenvalue weighted by Crippen LogP contribution is -2.26. The van der Waals surface area contributed by atoms with E-state index in [2.05, 4.69) is 37.8 Å². The standard InChI is InChI=1S/C21H22N6O3/c1-27-6-5-13-7-16(4-3-14(13)12-27)24-21(29)19-18(11-23-26-19)25-20(28)15-8-17(30-2)10-22-9-15/h3-4,7-11H,5-6,12H2,1-2H3,(H,23,26)(H,24,29)(H,25,28). The van der Waals surface area contributed by atoms with Gasteiger partial charge in [-0.2, -0.15) is 5.10 Å². The Bertz CT molecular complexity index is 1090. The maximum Gasteiger partial charge on any atom is 0.275 e. The van der Waals surface area contributed by atoms with Crippen molar-refractivity contribution < 1.29 is 14.3 Å². The minimum Gasteiger partial charge on any atom is -0.495 e. The third-order valence-electron chi connectivity index (χ3n) is 4.99. The van der Waals surface area contributed by atoms with E-state index in [-0.39, 0.29) is 17.3 Å². The molecule has 9 heteroatoms. The van der Waals surface area contributed by atoms with Crippen LogP contribution in [0.15, 0.2) is 42.9 Å². The second kappa shape index (κ2) is 8.34. The van der Waals surface area contributed by atoms with Gasteiger partial charge in [0.25, 0.3) is 11.8 Å². The second-order valence-electron chi connectivity index (χ2n) is 7.15. The van der Waals surface area contributed by atoms with Crippen LogP contribution in [0, 0.1) is 0 Å². The zero-order chi connectivity index (χ0) is 21.1. The van der Waals surface area contributed by atoms with Crippen molar-refractivity contribution in [2.24, 2.45) is 0 Å². The van der Waals surface area contributed by atoms with Crippen LogP contribution < -0.4 is 15.4 Å². The fraction of sp³-hybridized carbons (Fsp3) is 0.238. The van der Waals surface area contributed by atoms with Crippen LogP contribution >= 0.6 is 0 Å². The van der Waals surface area contributed by atoms with Gasteiger partial charge in [0.05, 0.1) is 30.8 Å². The summed E-state index contributed by atoms with van der Waals surface area (Å²) in [6, 6.07) is 7.47. The highest BCUT2D eigenvalue weighted by Gasteiger charge is 2.19. The average Bonchev–Trinajstić information content (AvgIpc) is 3.22. The molecule has 0 radical (unpaired) electrons. The number of amides is 2. The van der Waals surface area contributed by atoms with E-state index in [1.807, 2.05) is 18.2 Å². The van der Waals surface area contributed by atoms with Gasteiger partial charge < -0.3 is 20.3 Å². The summed E-state index contributed by atoms with van der Waals surface area (Å²) in [5, 5.41) is 12.1. The molecular weight excluding hydrogens is 384 g/mol. The van der Waals surface area contributed by atoms with Crippen LogP contribution in [0.1, 0.15) is 32.0 Å². The van der Waals surface area contributed by atoms with Crippen molar-refractivity contribution in [3.8, 4) is 5.75 Å². The van der Waals surface area contributed by atoms with Crippen LogP contribution in [0.5, 0.6) is 5.75 Å². The molecule has 2 aromatic heterocycles. The van der Waals surface area contributed by atoms with E-state index < -0.39 is 5.91 Å². The normalized spacial score (nSPS) is 13.4. The average molecular weight is 406 g/mol. The number of methoxy groups -OCH3 is 1. The lowest BCUT2D eigenvalue weighted by atomic mass is 9.99. The molecular formula is C21H22N6O3. The van der Waals surface area contributed by atoms with Crippen molar-refractivity contribution in [1.82, 2.24) is 20.1 Å². The molecule has 3 aromatic rings. The zero-order valence-electron chi connectivity index (χ0n) is 16.7. The molecule has 4 rings (SSSR count). The number of fused-ring (bicyclic) bond motifs is 1. The molecule has 9 nitrogen and oxygen atoms in total. The van der Waals surface area contributed by atoms with Crippen molar-refractivity contribution in [3.63, 3.8) is 0 Å². The molecule has 0 spiro atoms. The summed E-state index contributed by atoms with van der Waals surface area (Å²) >= 11 is 0. The number of nitrogens with zero attached hydrogens (tertiary/aromatic N) is 3. The number of aromatic amines is 1. The topological polar surface area (TPSA) is 112 Å². The molecule has 0 unspecified atom stereocenters. The lowest BCUT2D eigenvalue weighted by Gasteiger charge is -2.25. The third kappa shape index (κ3) is 4.15. The minimum absolute atomic E-state index is 0.164. The molecule has 30 heavy (non-hydrogen) atoms. The zero-order valence-corrected chi connectivity index (χ0v) is 16.7. The van der Waals surface area contributed by atoms with Crippen LogP contribution in [-0.2, 0) is 13.0 Å². The largest absolute Gasteiger partial charge is 0.495 e. The first kappa shape index (κ1) is 19.6. The highest BCUT2D eigenvalue weighted by Crippen LogP contribution is 2.23. The number of rotatable bonds is 5. The number of hydrogen-bond acceptors (Lipinski definition) is 6. The van der Waals surface area contributed by atoms with Crippen molar-refractivity contribution in [2.45, 2.75) is 13.0 Å². The van der Waals surface area contributed by atoms with E-state index in [9.17, 15) is 9.59 Å². The maximum atomic E-state index is 12.8. The first-order chi connectivity index (χ1) is 14.5. The summed E-state index contributed by atoms with van der Waals surface area (Å²) in [5.74, 6) is -0.347. The lowest BCUT2D eigenvalue weighted by molar-refractivity contribution is 0.102. The highest BCUT2D eigenvalue weighted by molar-refractivity contribution is 6.11. The van der Waals surface area contributed by atoms with Crippen LogP contribution in [-0.4, -0.2) is 52.6 Å². The van der Waals surface area contributed by atoms with Crippen LogP contribution in [0.4, 0.5) is 11.4 Å². The third-order valence-corrected chi connectivity index (χ3v) is 4.99. The first-order valence-electron chi connectivity index (χ1n) is 9.49. The van der Waals surface area contributed by atoms with Gasteiger partial charge in [-0.05, 0) is 42.8 Å². The van der Waals surface area contributed by atoms with Gasteiger partial charge in [0, 0.05) is 25.0 Å². The minimum atomic E-state index is -0.422. The van der Waals surface area contributed by atoms with Crippen molar-refractivity contribution in [1.29, 1.82) is 0 Å². The van der Waals surface area contributed by atoms with Crippen molar-refractivity contribution in [2.75, 3.05) is 31.3 Å². The molecule has 0 saturated carbocycles. The summed E-state index contributed by atoms with van der Waals surface area (Å²) in [7, 11) is 3.59. The predicted octanol–water partition coefficient (Wildman–Crippen LogP) is 2.31. The van der Waals surface area contributed by atoms with E-state index in [4.69, 9.17) is 4.74 Å². The van der Waals surface area contributed by atoms with E-state index in [1.54, 1.807) is 6.07 Å². The second-order valence-corrected chi connectivity index (χ2v) is 7.15. The molecule has 0 atom stereocenters. The quantitative estimate of drug-likeness (QED) is 0.599. The summed E-state index contributed by atoms with van der Waals surface area (Å²) in [5.41, 5.74) is 3.95. The maximum absolute atomic E-state index is 12.8. The summed E-state index contributed by atoms with van der Waals surface area (Å²) < 4.78 is 5.09. The fourth-order valence-electron chi connectivity index (χ4n) is 3.37. The van der Waals surface area contributed by atoms with E-state index in [0.717, 1.165) is 19.5 Å². The van der Waals surface area contributed by atoms with Gasteiger partial charge in [-0.25, -0.2) is 0 Å². The Hall–Kier alpha value is -3.72. The number of pyridine rings is 1. The number of carbonyl (C=O) groups is 2. The monoisotopic (exact) mass is 406 g/mol. The summed E-state index contributed by atoms with van der Waals surface area (Å²) in [6.07, 6.45) is 5.25. The van der Waals surface area contributed by atoms with Crippen molar-refractivity contribution in [3.05, 3.63) is 65.2 Å². The Kier molecular flexibility index (Phi) is 5.44. The number of anilines is 2. The molecule has 0 bridgehead atoms. The van der Waals surface area contributed by atoms with Crippen LogP contribution in [0.25, 0.3) is 0 Å². The summed E-state index contributed by atoms with van der Waals surface area (Å²) in [4.78, 5) is 31.5. The molecule has 3 N–H and O–H groups in total. The Balaban J connectivity index is 1.47. The number of aromatic nitrogens is 3. The van der Waals surface area contributed by atoms with E-state index in [1.165, 1.54) is 36.8 Å². The molecule has 0 fully saturated rings. The van der Waals surface area contributed by atoms with E-state index in [0.29, 0.717) is 17.0 Å². The Labute approximate surface area is 173 Å². The summed E-state index contributed by atoms with van der Waals surface area (Å²) in [6.45, 7) is 1.89. The van der Waals surface area contributed by atoms with Gasteiger partial charge >= 0.3 is 0 Å². The molecule has 0 aliphatic carbocycles. The number of likely N-dealkylation sites (N-methyl/N-ethyl adjacent to an activating group) is 1. The molecule has 1 aromatic carbocycles. The molecule has 154 valence electrons. The number of hydrogen-bond donors (Lipinski definition) is 3. The number of carbonyl (C=O) groups excluding carboxylic acids is 2. The first-order valence-corrected chi connectivity index (χ1v) is 9.49. The fourth-order valence-corrected chi connectivity index (χ4v) is 3.37. The smallest absolute Gasteiger partial charge is 0.275 e. The van der Waals surface area contributed by atoms with Crippen molar-refractivity contribution >= 4 is 23.2 Å². The Morgan fingerprint density at radius 1 is 1.10 bits per heavy atom. The van der Waals surface area contributed by atoms with Gasteiger partial charge in [-0.15, -0.1) is 0 Å². The van der Waals surface area contributed by atoms with E-state index >= 15 is 0 Å². The highest BCUT2D eigenvalue weighted by atomic mass is 16.5. The molecule has 1 aliphatic rings. The number of nitrogens with one attached hydrogen (secondary N) is 3. The van der Waals surface area contributed by atoms with Gasteiger partial charge in [-0.1, -0.05) is 6.07 Å². The predicted molar refractivity (Wildman–Crippen MR) is 112 cm³/mol. The van der Waals surface area contributed by atoms with Gasteiger partial charge in [0.15, 0.2) is 0 Å². The molecule has 0 saturated heterocycles. The Morgan fingerprint density at radius 2 is 1.97 bits per heavy atom. The SMILES string of the molecule is COc1cncc(C(=O)Nc2cn[nH]c2C(=O)Nc2ccc3c(c2)CCN(C)C3)c1. The van der Waals surface area contributed by atoms with Crippen LogP contribution in [0.3, 0.4) is 0 Å². The van der Waals surface area contributed by atoms with Gasteiger partial charge in [0.2, 0.25) is 0 Å². The number of ether oxygens (including phenoxy) is 1. The van der Waals surface area contributed by atoms with Gasteiger partial charge in [0.1, 0.15) is 11.4 Å². The number of benzene rings is 1. The molecule has 3 heterocycles.